The molecule has 116 valence electrons. The highest BCUT2D eigenvalue weighted by molar-refractivity contribution is 7.99. The van der Waals surface area contributed by atoms with Crippen molar-refractivity contribution in [2.24, 2.45) is 0 Å². The summed E-state index contributed by atoms with van der Waals surface area (Å²) in [6.07, 6.45) is 6.48. The lowest BCUT2D eigenvalue weighted by atomic mass is 9.90. The number of benzene rings is 1. The predicted octanol–water partition coefficient (Wildman–Crippen LogP) is 2.80. The topological polar surface area (TPSA) is 61.4 Å². The van der Waals surface area contributed by atoms with E-state index < -0.39 is 0 Å². The molecule has 0 heterocycles. The van der Waals surface area contributed by atoms with Gasteiger partial charge >= 0.3 is 6.03 Å². The number of hydrogen-bond acceptors (Lipinski definition) is 3. The van der Waals surface area contributed by atoms with Crippen molar-refractivity contribution in [1.82, 2.24) is 5.32 Å². The van der Waals surface area contributed by atoms with Crippen molar-refractivity contribution in [2.45, 2.75) is 43.9 Å². The summed E-state index contributed by atoms with van der Waals surface area (Å²) in [7, 11) is 0. The zero-order valence-corrected chi connectivity index (χ0v) is 13.5. The summed E-state index contributed by atoms with van der Waals surface area (Å²) in [4.78, 5) is 12.1. The fraction of sp³-hybridized carbons (Fsp3) is 0.562. The standard InChI is InChI=1S/C16H24N2O2S/c1-11(15(10-19)21-2)17-16(20)18-14-9-5-7-12-6-3-4-8-13(12)14/h5,7,9,11,15,19H,3-4,6,8,10H2,1-2H3,(H2,17,18,20). The first kappa shape index (κ1) is 16.2. The number of anilines is 1. The first-order valence-electron chi connectivity index (χ1n) is 7.47. The maximum atomic E-state index is 12.1. The number of aliphatic hydroxyl groups is 1. The van der Waals surface area contributed by atoms with Gasteiger partial charge < -0.3 is 15.7 Å². The number of rotatable bonds is 5. The van der Waals surface area contributed by atoms with Gasteiger partial charge in [-0.2, -0.15) is 11.8 Å². The van der Waals surface area contributed by atoms with E-state index in [1.54, 1.807) is 11.8 Å². The molecule has 0 saturated carbocycles. The Morgan fingerprint density at radius 2 is 2.14 bits per heavy atom. The summed E-state index contributed by atoms with van der Waals surface area (Å²) in [6, 6.07) is 5.84. The molecule has 0 spiro atoms. The van der Waals surface area contributed by atoms with Crippen LogP contribution in [-0.2, 0) is 12.8 Å². The maximum Gasteiger partial charge on any atom is 0.319 e. The van der Waals surface area contributed by atoms with E-state index in [9.17, 15) is 9.90 Å². The Morgan fingerprint density at radius 3 is 2.86 bits per heavy atom. The monoisotopic (exact) mass is 308 g/mol. The van der Waals surface area contributed by atoms with Crippen molar-refractivity contribution in [1.29, 1.82) is 0 Å². The summed E-state index contributed by atoms with van der Waals surface area (Å²) < 4.78 is 0. The third-order valence-corrected chi connectivity index (χ3v) is 5.21. The van der Waals surface area contributed by atoms with Gasteiger partial charge in [-0.25, -0.2) is 4.79 Å². The quantitative estimate of drug-likeness (QED) is 0.784. The highest BCUT2D eigenvalue weighted by atomic mass is 32.2. The molecule has 4 nitrogen and oxygen atoms in total. The van der Waals surface area contributed by atoms with Gasteiger partial charge in [-0.3, -0.25) is 0 Å². The minimum atomic E-state index is -0.200. The summed E-state index contributed by atoms with van der Waals surface area (Å²) in [6.45, 7) is 1.97. The third-order valence-electron chi connectivity index (χ3n) is 4.04. The van der Waals surface area contributed by atoms with E-state index in [1.807, 2.05) is 25.3 Å². The molecule has 2 unspecified atom stereocenters. The number of thioether (sulfide) groups is 1. The van der Waals surface area contributed by atoms with Gasteiger partial charge in [-0.1, -0.05) is 12.1 Å². The molecule has 0 radical (unpaired) electrons. The number of aryl methyl sites for hydroxylation is 1. The van der Waals surface area contributed by atoms with E-state index in [0.717, 1.165) is 18.5 Å². The summed E-state index contributed by atoms with van der Waals surface area (Å²) in [5.41, 5.74) is 3.54. The number of nitrogens with one attached hydrogen (secondary N) is 2. The lowest BCUT2D eigenvalue weighted by molar-refractivity contribution is 0.243. The Balaban J connectivity index is 2.00. The van der Waals surface area contributed by atoms with Gasteiger partial charge in [0.25, 0.3) is 0 Å². The van der Waals surface area contributed by atoms with Crippen LogP contribution in [0.2, 0.25) is 0 Å². The average Bonchev–Trinajstić information content (AvgIpc) is 2.48. The fourth-order valence-electron chi connectivity index (χ4n) is 2.79. The first-order chi connectivity index (χ1) is 10.2. The van der Waals surface area contributed by atoms with Gasteiger partial charge in [0.1, 0.15) is 0 Å². The summed E-state index contributed by atoms with van der Waals surface area (Å²) in [5, 5.41) is 15.1. The van der Waals surface area contributed by atoms with Crippen LogP contribution in [0, 0.1) is 0 Å². The van der Waals surface area contributed by atoms with Gasteiger partial charge in [0.15, 0.2) is 0 Å². The lowest BCUT2D eigenvalue weighted by Crippen LogP contribution is -2.43. The van der Waals surface area contributed by atoms with Crippen LogP contribution >= 0.6 is 11.8 Å². The van der Waals surface area contributed by atoms with Crippen LogP contribution < -0.4 is 10.6 Å². The molecule has 5 heteroatoms. The van der Waals surface area contributed by atoms with E-state index in [-0.39, 0.29) is 23.9 Å². The molecule has 1 aromatic rings. The number of urea groups is 1. The molecule has 2 rings (SSSR count). The van der Waals surface area contributed by atoms with Crippen molar-refractivity contribution in [2.75, 3.05) is 18.2 Å². The van der Waals surface area contributed by atoms with Crippen molar-refractivity contribution in [3.05, 3.63) is 29.3 Å². The first-order valence-corrected chi connectivity index (χ1v) is 8.76. The van der Waals surface area contributed by atoms with Crippen molar-refractivity contribution >= 4 is 23.5 Å². The minimum Gasteiger partial charge on any atom is -0.395 e. The molecular weight excluding hydrogens is 284 g/mol. The highest BCUT2D eigenvalue weighted by Gasteiger charge is 2.19. The molecule has 21 heavy (non-hydrogen) atoms. The van der Waals surface area contributed by atoms with Crippen molar-refractivity contribution in [3.63, 3.8) is 0 Å². The second-order valence-electron chi connectivity index (χ2n) is 5.49. The highest BCUT2D eigenvalue weighted by Crippen LogP contribution is 2.27. The molecule has 2 amide bonds. The van der Waals surface area contributed by atoms with E-state index in [1.165, 1.54) is 24.0 Å². The van der Waals surface area contributed by atoms with Crippen LogP contribution in [0.5, 0.6) is 0 Å². The number of carbonyl (C=O) groups is 1. The van der Waals surface area contributed by atoms with E-state index in [0.29, 0.717) is 0 Å². The smallest absolute Gasteiger partial charge is 0.319 e. The Hall–Kier alpha value is -1.20. The summed E-state index contributed by atoms with van der Waals surface area (Å²) >= 11 is 1.56. The summed E-state index contributed by atoms with van der Waals surface area (Å²) in [5.74, 6) is 0. The molecule has 0 aliphatic heterocycles. The fourth-order valence-corrected chi connectivity index (χ4v) is 3.42. The van der Waals surface area contributed by atoms with E-state index >= 15 is 0 Å². The molecule has 1 aliphatic rings. The van der Waals surface area contributed by atoms with Crippen LogP contribution in [0.3, 0.4) is 0 Å². The number of aliphatic hydroxyl groups excluding tert-OH is 1. The van der Waals surface area contributed by atoms with E-state index in [2.05, 4.69) is 16.7 Å². The zero-order chi connectivity index (χ0) is 15.2. The second-order valence-corrected chi connectivity index (χ2v) is 6.57. The number of fused-ring (bicyclic) bond motifs is 1. The molecule has 2 atom stereocenters. The lowest BCUT2D eigenvalue weighted by Gasteiger charge is -2.23. The van der Waals surface area contributed by atoms with Gasteiger partial charge in [0.05, 0.1) is 6.61 Å². The van der Waals surface area contributed by atoms with Gasteiger partial charge in [-0.15, -0.1) is 0 Å². The molecule has 0 bridgehead atoms. The molecule has 1 aliphatic carbocycles. The van der Waals surface area contributed by atoms with Gasteiger partial charge in [0, 0.05) is 17.0 Å². The second kappa shape index (κ2) is 7.71. The number of hydrogen-bond donors (Lipinski definition) is 3. The third kappa shape index (κ3) is 4.14. The Morgan fingerprint density at radius 1 is 1.38 bits per heavy atom. The van der Waals surface area contributed by atoms with Gasteiger partial charge in [-0.05, 0) is 56.1 Å². The Bertz CT molecular complexity index is 489. The van der Waals surface area contributed by atoms with E-state index in [4.69, 9.17) is 0 Å². The predicted molar refractivity (Wildman–Crippen MR) is 89.1 cm³/mol. The molecule has 3 N–H and O–H groups in total. The Labute approximate surface area is 130 Å². The average molecular weight is 308 g/mol. The Kier molecular flexibility index (Phi) is 5.94. The molecule has 1 aromatic carbocycles. The number of amides is 2. The van der Waals surface area contributed by atoms with Crippen LogP contribution in [0.25, 0.3) is 0 Å². The minimum absolute atomic E-state index is 0.0143. The maximum absolute atomic E-state index is 12.1. The van der Waals surface area contributed by atoms with Crippen molar-refractivity contribution < 1.29 is 9.90 Å². The zero-order valence-electron chi connectivity index (χ0n) is 12.7. The number of carbonyl (C=O) groups excluding carboxylic acids is 1. The normalized spacial score (nSPS) is 16.7. The van der Waals surface area contributed by atoms with Crippen LogP contribution in [0.15, 0.2) is 18.2 Å². The molecule has 0 saturated heterocycles. The molecule has 0 aromatic heterocycles. The van der Waals surface area contributed by atoms with Crippen LogP contribution in [0.4, 0.5) is 10.5 Å². The SMILES string of the molecule is CSC(CO)C(C)NC(=O)Nc1cccc2c1CCCC2. The van der Waals surface area contributed by atoms with Crippen LogP contribution in [0.1, 0.15) is 30.9 Å². The van der Waals surface area contributed by atoms with Crippen molar-refractivity contribution in [3.8, 4) is 0 Å². The largest absolute Gasteiger partial charge is 0.395 e. The van der Waals surface area contributed by atoms with Gasteiger partial charge in [0.2, 0.25) is 0 Å². The molecular formula is C16H24N2O2S. The molecule has 0 fully saturated rings. The van der Waals surface area contributed by atoms with Crippen LogP contribution in [-0.4, -0.2) is 35.3 Å².